The van der Waals surface area contributed by atoms with Crippen molar-refractivity contribution in [3.8, 4) is 0 Å². The lowest BCUT2D eigenvalue weighted by Crippen LogP contribution is -2.42. The molecule has 148 valence electrons. The van der Waals surface area contributed by atoms with Gasteiger partial charge in [-0.25, -0.2) is 10.2 Å². The maximum absolute atomic E-state index is 12.7. The average Bonchev–Trinajstić information content (AvgIpc) is 2.66. The fourth-order valence-corrected chi connectivity index (χ4v) is 2.67. The molecule has 0 aliphatic carbocycles. The SMILES string of the molecule is CCOC(=O)NNC(=O)c1ccccc1CC(=O)c1ccc(C(C)(C)C)cc1. The van der Waals surface area contributed by atoms with E-state index in [1.807, 2.05) is 24.3 Å². The number of carbonyl (C=O) groups excluding carboxylic acids is 3. The number of hydrazine groups is 1. The number of Topliss-reactive ketones (excluding diaryl/α,β-unsaturated/α-hetero) is 1. The van der Waals surface area contributed by atoms with Crippen LogP contribution in [0.4, 0.5) is 4.79 Å². The number of rotatable bonds is 5. The predicted octanol–water partition coefficient (Wildman–Crippen LogP) is 3.80. The first-order valence-electron chi connectivity index (χ1n) is 9.17. The number of benzene rings is 2. The zero-order valence-electron chi connectivity index (χ0n) is 16.7. The summed E-state index contributed by atoms with van der Waals surface area (Å²) in [5.74, 6) is -0.599. The molecule has 0 heterocycles. The second-order valence-corrected chi connectivity index (χ2v) is 7.38. The summed E-state index contributed by atoms with van der Waals surface area (Å²) >= 11 is 0. The van der Waals surface area contributed by atoms with Crippen molar-refractivity contribution in [3.63, 3.8) is 0 Å². The quantitative estimate of drug-likeness (QED) is 0.608. The van der Waals surface area contributed by atoms with E-state index in [0.29, 0.717) is 16.7 Å². The molecule has 0 fully saturated rings. The second-order valence-electron chi connectivity index (χ2n) is 7.38. The Morgan fingerprint density at radius 3 is 2.18 bits per heavy atom. The van der Waals surface area contributed by atoms with E-state index in [1.165, 1.54) is 0 Å². The summed E-state index contributed by atoms with van der Waals surface area (Å²) in [6.45, 7) is 8.20. The Morgan fingerprint density at radius 2 is 1.57 bits per heavy atom. The van der Waals surface area contributed by atoms with Gasteiger partial charge in [0.1, 0.15) is 0 Å². The molecule has 2 aromatic rings. The molecule has 0 radical (unpaired) electrons. The molecule has 0 spiro atoms. The van der Waals surface area contributed by atoms with Crippen LogP contribution in [-0.2, 0) is 16.6 Å². The van der Waals surface area contributed by atoms with Gasteiger partial charge in [0.25, 0.3) is 5.91 Å². The van der Waals surface area contributed by atoms with Crippen LogP contribution in [-0.4, -0.2) is 24.4 Å². The third-order valence-electron chi connectivity index (χ3n) is 4.24. The molecular formula is C22H26N2O4. The Kier molecular flexibility index (Phi) is 6.93. The van der Waals surface area contributed by atoms with E-state index in [4.69, 9.17) is 4.74 Å². The van der Waals surface area contributed by atoms with Crippen LogP contribution in [0.5, 0.6) is 0 Å². The van der Waals surface area contributed by atoms with Crippen molar-refractivity contribution in [2.24, 2.45) is 0 Å². The summed E-state index contributed by atoms with van der Waals surface area (Å²) in [5, 5.41) is 0. The number of hydrogen-bond donors (Lipinski definition) is 2. The van der Waals surface area contributed by atoms with Gasteiger partial charge in [-0.15, -0.1) is 0 Å². The molecule has 28 heavy (non-hydrogen) atoms. The minimum absolute atomic E-state index is 0.0121. The molecule has 2 rings (SSSR count). The lowest BCUT2D eigenvalue weighted by Gasteiger charge is -2.19. The topological polar surface area (TPSA) is 84.5 Å². The fourth-order valence-electron chi connectivity index (χ4n) is 2.67. The summed E-state index contributed by atoms with van der Waals surface area (Å²) in [6.07, 6.45) is -0.666. The molecule has 0 unspecified atom stereocenters. The number of ketones is 1. The van der Waals surface area contributed by atoms with Gasteiger partial charge in [-0.3, -0.25) is 15.0 Å². The minimum atomic E-state index is -0.747. The number of hydrogen-bond acceptors (Lipinski definition) is 4. The van der Waals surface area contributed by atoms with Gasteiger partial charge in [0.15, 0.2) is 5.78 Å². The van der Waals surface area contributed by atoms with Gasteiger partial charge in [0.2, 0.25) is 0 Å². The van der Waals surface area contributed by atoms with Crippen LogP contribution in [0.3, 0.4) is 0 Å². The minimum Gasteiger partial charge on any atom is -0.449 e. The van der Waals surface area contributed by atoms with Crippen molar-refractivity contribution >= 4 is 17.8 Å². The van der Waals surface area contributed by atoms with Gasteiger partial charge in [0, 0.05) is 17.5 Å². The van der Waals surface area contributed by atoms with Crippen LogP contribution < -0.4 is 10.9 Å². The molecule has 0 saturated carbocycles. The van der Waals surface area contributed by atoms with E-state index in [1.54, 1.807) is 31.2 Å². The number of nitrogens with one attached hydrogen (secondary N) is 2. The molecule has 0 saturated heterocycles. The van der Waals surface area contributed by atoms with Crippen LogP contribution in [0.15, 0.2) is 48.5 Å². The monoisotopic (exact) mass is 382 g/mol. The van der Waals surface area contributed by atoms with Crippen LogP contribution >= 0.6 is 0 Å². The lowest BCUT2D eigenvalue weighted by atomic mass is 9.86. The normalized spacial score (nSPS) is 10.9. The first kappa shape index (κ1) is 21.2. The van der Waals surface area contributed by atoms with E-state index in [0.717, 1.165) is 5.56 Å². The van der Waals surface area contributed by atoms with Crippen LogP contribution in [0.2, 0.25) is 0 Å². The standard InChI is InChI=1S/C22H26N2O4/c1-5-28-21(27)24-23-20(26)18-9-7-6-8-16(18)14-19(25)15-10-12-17(13-11-15)22(2,3)4/h6-13H,5,14H2,1-4H3,(H,23,26)(H,24,27). The molecule has 0 atom stereocenters. The fraction of sp³-hybridized carbons (Fsp3) is 0.318. The van der Waals surface area contributed by atoms with Crippen molar-refractivity contribution in [2.45, 2.75) is 39.5 Å². The molecule has 2 amide bonds. The van der Waals surface area contributed by atoms with Crippen molar-refractivity contribution in [1.82, 2.24) is 10.9 Å². The smallest absolute Gasteiger partial charge is 0.426 e. The second kappa shape index (κ2) is 9.17. The molecule has 2 N–H and O–H groups in total. The van der Waals surface area contributed by atoms with Gasteiger partial charge in [-0.1, -0.05) is 63.2 Å². The number of amides is 2. The maximum atomic E-state index is 12.7. The summed E-state index contributed by atoms with van der Waals surface area (Å²) in [4.78, 5) is 36.4. The third-order valence-corrected chi connectivity index (χ3v) is 4.24. The molecule has 6 nitrogen and oxygen atoms in total. The van der Waals surface area contributed by atoms with E-state index in [2.05, 4.69) is 31.6 Å². The Bertz CT molecular complexity index is 852. The van der Waals surface area contributed by atoms with Crippen LogP contribution in [0.1, 0.15) is 59.5 Å². The van der Waals surface area contributed by atoms with Crippen molar-refractivity contribution in [2.75, 3.05) is 6.61 Å². The molecule has 0 aromatic heterocycles. The summed E-state index contributed by atoms with van der Waals surface area (Å²) in [7, 11) is 0. The molecule has 0 aliphatic heterocycles. The summed E-state index contributed by atoms with van der Waals surface area (Å²) in [5.41, 5.74) is 7.10. The van der Waals surface area contributed by atoms with E-state index in [9.17, 15) is 14.4 Å². The highest BCUT2D eigenvalue weighted by Crippen LogP contribution is 2.22. The third kappa shape index (κ3) is 5.67. The van der Waals surface area contributed by atoms with E-state index < -0.39 is 12.0 Å². The summed E-state index contributed by atoms with van der Waals surface area (Å²) in [6, 6.07) is 14.3. The highest BCUT2D eigenvalue weighted by molar-refractivity contribution is 6.01. The van der Waals surface area contributed by atoms with Crippen LogP contribution in [0, 0.1) is 0 Å². The zero-order valence-corrected chi connectivity index (χ0v) is 16.7. The highest BCUT2D eigenvalue weighted by atomic mass is 16.5. The molecule has 2 aromatic carbocycles. The average molecular weight is 382 g/mol. The molecule has 0 aliphatic rings. The van der Waals surface area contributed by atoms with E-state index in [-0.39, 0.29) is 24.2 Å². The Labute approximate surface area is 165 Å². The molecular weight excluding hydrogens is 356 g/mol. The predicted molar refractivity (Wildman–Crippen MR) is 107 cm³/mol. The zero-order chi connectivity index (χ0) is 20.7. The summed E-state index contributed by atoms with van der Waals surface area (Å²) < 4.78 is 4.70. The Hall–Kier alpha value is -3.15. The Balaban J connectivity index is 2.11. The highest BCUT2D eigenvalue weighted by Gasteiger charge is 2.17. The largest absolute Gasteiger partial charge is 0.449 e. The van der Waals surface area contributed by atoms with Gasteiger partial charge in [0.05, 0.1) is 6.61 Å². The van der Waals surface area contributed by atoms with Crippen molar-refractivity contribution in [1.29, 1.82) is 0 Å². The van der Waals surface area contributed by atoms with E-state index >= 15 is 0 Å². The van der Waals surface area contributed by atoms with Gasteiger partial charge in [-0.05, 0) is 29.5 Å². The van der Waals surface area contributed by atoms with Gasteiger partial charge < -0.3 is 4.74 Å². The Morgan fingerprint density at radius 1 is 0.929 bits per heavy atom. The first-order valence-corrected chi connectivity index (χ1v) is 9.17. The maximum Gasteiger partial charge on any atom is 0.426 e. The van der Waals surface area contributed by atoms with Crippen molar-refractivity contribution < 1.29 is 19.1 Å². The number of ether oxygens (including phenoxy) is 1. The van der Waals surface area contributed by atoms with Gasteiger partial charge in [-0.2, -0.15) is 0 Å². The van der Waals surface area contributed by atoms with Crippen LogP contribution in [0.25, 0.3) is 0 Å². The first-order chi connectivity index (χ1) is 13.2. The molecule has 6 heteroatoms. The van der Waals surface area contributed by atoms with Crippen molar-refractivity contribution in [3.05, 3.63) is 70.8 Å². The van der Waals surface area contributed by atoms with Gasteiger partial charge >= 0.3 is 6.09 Å². The lowest BCUT2D eigenvalue weighted by molar-refractivity contribution is 0.0911. The number of carbonyl (C=O) groups is 3. The molecule has 0 bridgehead atoms.